The first kappa shape index (κ1) is 21.3. The molecule has 0 bridgehead atoms. The van der Waals surface area contributed by atoms with Crippen molar-refractivity contribution in [1.29, 1.82) is 0 Å². The highest BCUT2D eigenvalue weighted by atomic mass is 32.1. The molecule has 1 fully saturated rings. The average Bonchev–Trinajstić information content (AvgIpc) is 3.08. The number of aromatic nitrogens is 2. The number of carbonyl (C=O) groups excluding carboxylic acids is 1. The molecule has 1 aliphatic heterocycles. The van der Waals surface area contributed by atoms with Gasteiger partial charge in [-0.15, -0.1) is 17.8 Å². The summed E-state index contributed by atoms with van der Waals surface area (Å²) in [5.74, 6) is 3.25. The van der Waals surface area contributed by atoms with Crippen LogP contribution in [0.2, 0.25) is 0 Å². The Morgan fingerprint density at radius 3 is 2.65 bits per heavy atom. The normalized spacial score (nSPS) is 14.6. The molecule has 3 heterocycles. The van der Waals surface area contributed by atoms with E-state index in [9.17, 15) is 9.18 Å². The maximum Gasteiger partial charge on any atom is 0.226 e. The van der Waals surface area contributed by atoms with Crippen LogP contribution in [0, 0.1) is 37.9 Å². The molecule has 1 aliphatic rings. The van der Waals surface area contributed by atoms with Crippen LogP contribution in [0.15, 0.2) is 30.6 Å². The van der Waals surface area contributed by atoms with Crippen LogP contribution in [-0.4, -0.2) is 40.4 Å². The summed E-state index contributed by atoms with van der Waals surface area (Å²) < 4.78 is 13.2. The Kier molecular flexibility index (Phi) is 6.19. The van der Waals surface area contributed by atoms with E-state index in [0.29, 0.717) is 6.54 Å². The third-order valence-corrected chi connectivity index (χ3v) is 7.08. The smallest absolute Gasteiger partial charge is 0.226 e. The molecule has 0 atom stereocenters. The van der Waals surface area contributed by atoms with Crippen LogP contribution in [0.25, 0.3) is 10.2 Å². The molecule has 1 aromatic carbocycles. The lowest BCUT2D eigenvalue weighted by Gasteiger charge is -2.34. The minimum atomic E-state index is -0.291. The number of amides is 1. The van der Waals surface area contributed by atoms with Gasteiger partial charge in [0, 0.05) is 30.4 Å². The zero-order chi connectivity index (χ0) is 22.0. The van der Waals surface area contributed by atoms with Crippen LogP contribution in [0.3, 0.4) is 0 Å². The summed E-state index contributed by atoms with van der Waals surface area (Å²) in [6, 6.07) is 6.20. The van der Waals surface area contributed by atoms with E-state index in [0.717, 1.165) is 47.5 Å². The number of hydrogen-bond donors (Lipinski definition) is 0. The lowest BCUT2D eigenvalue weighted by atomic mass is 9.94. The molecule has 0 radical (unpaired) electrons. The number of terminal acetylenes is 1. The van der Waals surface area contributed by atoms with Crippen molar-refractivity contribution in [2.75, 3.05) is 24.5 Å². The third-order valence-electron chi connectivity index (χ3n) is 5.97. The van der Waals surface area contributed by atoms with E-state index in [2.05, 4.69) is 34.6 Å². The molecule has 31 heavy (non-hydrogen) atoms. The maximum absolute atomic E-state index is 13.2. The minimum absolute atomic E-state index is 0.0670. The first-order chi connectivity index (χ1) is 15.0. The Morgan fingerprint density at radius 1 is 1.26 bits per heavy atom. The summed E-state index contributed by atoms with van der Waals surface area (Å²) in [4.78, 5) is 28.4. The number of fused-ring (bicyclic) bond motifs is 1. The molecule has 3 aromatic rings. The van der Waals surface area contributed by atoms with E-state index >= 15 is 0 Å². The second-order valence-electron chi connectivity index (χ2n) is 7.95. The lowest BCUT2D eigenvalue weighted by molar-refractivity contribution is -0.136. The molecule has 0 unspecified atom stereocenters. The number of piperidine rings is 1. The van der Waals surface area contributed by atoms with Crippen LogP contribution in [-0.2, 0) is 11.3 Å². The van der Waals surface area contributed by atoms with Crippen LogP contribution in [0.5, 0.6) is 0 Å². The molecule has 2 aromatic heterocycles. The number of nitrogens with zero attached hydrogens (tertiary/aromatic N) is 4. The third kappa shape index (κ3) is 4.40. The second kappa shape index (κ2) is 9.03. The first-order valence-corrected chi connectivity index (χ1v) is 11.2. The Balaban J connectivity index is 1.45. The van der Waals surface area contributed by atoms with Gasteiger partial charge in [0.2, 0.25) is 5.91 Å². The number of aryl methyl sites for hydroxylation is 2. The molecule has 5 nitrogen and oxygen atoms in total. The quantitative estimate of drug-likeness (QED) is 0.559. The van der Waals surface area contributed by atoms with E-state index in [-0.39, 0.29) is 24.2 Å². The summed E-state index contributed by atoms with van der Waals surface area (Å²) in [5.41, 5.74) is 2.10. The Bertz CT molecular complexity index is 1130. The van der Waals surface area contributed by atoms with Crippen molar-refractivity contribution in [3.8, 4) is 12.3 Å². The zero-order valence-electron chi connectivity index (χ0n) is 17.8. The zero-order valence-corrected chi connectivity index (χ0v) is 18.6. The van der Waals surface area contributed by atoms with Gasteiger partial charge in [-0.05, 0) is 49.9 Å². The van der Waals surface area contributed by atoms with Gasteiger partial charge >= 0.3 is 0 Å². The Labute approximate surface area is 185 Å². The van der Waals surface area contributed by atoms with E-state index in [1.807, 2.05) is 0 Å². The number of benzene rings is 1. The number of carbonyl (C=O) groups is 1. The monoisotopic (exact) mass is 436 g/mol. The number of halogens is 1. The van der Waals surface area contributed by atoms with E-state index in [4.69, 9.17) is 6.42 Å². The van der Waals surface area contributed by atoms with Crippen molar-refractivity contribution >= 4 is 33.3 Å². The van der Waals surface area contributed by atoms with Crippen molar-refractivity contribution < 1.29 is 9.18 Å². The predicted molar refractivity (Wildman–Crippen MR) is 122 cm³/mol. The van der Waals surface area contributed by atoms with Gasteiger partial charge in [0.05, 0.1) is 11.9 Å². The van der Waals surface area contributed by atoms with E-state index < -0.39 is 0 Å². The van der Waals surface area contributed by atoms with Gasteiger partial charge in [0.1, 0.15) is 22.8 Å². The summed E-state index contributed by atoms with van der Waals surface area (Å²) in [6.07, 6.45) is 8.64. The fourth-order valence-electron chi connectivity index (χ4n) is 4.13. The first-order valence-electron chi connectivity index (χ1n) is 10.4. The molecule has 0 spiro atoms. The van der Waals surface area contributed by atoms with Gasteiger partial charge in [-0.25, -0.2) is 14.4 Å². The van der Waals surface area contributed by atoms with Crippen LogP contribution in [0.1, 0.15) is 28.8 Å². The summed E-state index contributed by atoms with van der Waals surface area (Å²) in [6.45, 7) is 6.39. The van der Waals surface area contributed by atoms with E-state index in [1.54, 1.807) is 34.7 Å². The fraction of sp³-hybridized carbons (Fsp3) is 0.375. The van der Waals surface area contributed by atoms with E-state index in [1.165, 1.54) is 22.6 Å². The molecule has 160 valence electrons. The largest absolute Gasteiger partial charge is 0.356 e. The molecule has 0 aliphatic carbocycles. The fourth-order valence-corrected chi connectivity index (χ4v) is 5.12. The number of hydrogen-bond acceptors (Lipinski definition) is 5. The molecule has 0 N–H and O–H groups in total. The second-order valence-corrected chi connectivity index (χ2v) is 9.15. The van der Waals surface area contributed by atoms with Crippen molar-refractivity contribution in [1.82, 2.24) is 14.9 Å². The predicted octanol–water partition coefficient (Wildman–Crippen LogP) is 4.33. The Morgan fingerprint density at radius 2 is 1.97 bits per heavy atom. The van der Waals surface area contributed by atoms with Gasteiger partial charge in [-0.3, -0.25) is 4.79 Å². The number of anilines is 1. The lowest BCUT2D eigenvalue weighted by Crippen LogP contribution is -2.42. The topological polar surface area (TPSA) is 49.3 Å². The molecule has 4 rings (SSSR count). The van der Waals surface area contributed by atoms with Gasteiger partial charge in [-0.2, -0.15) is 0 Å². The van der Waals surface area contributed by atoms with Crippen molar-refractivity contribution in [2.24, 2.45) is 5.92 Å². The van der Waals surface area contributed by atoms with Crippen LogP contribution >= 0.6 is 11.3 Å². The van der Waals surface area contributed by atoms with Crippen molar-refractivity contribution in [2.45, 2.75) is 33.2 Å². The minimum Gasteiger partial charge on any atom is -0.356 e. The van der Waals surface area contributed by atoms with Gasteiger partial charge in [-0.1, -0.05) is 18.1 Å². The van der Waals surface area contributed by atoms with Gasteiger partial charge in [0.15, 0.2) is 0 Å². The molecule has 7 heteroatoms. The summed E-state index contributed by atoms with van der Waals surface area (Å²) in [7, 11) is 0. The molecule has 0 saturated carbocycles. The van der Waals surface area contributed by atoms with Crippen LogP contribution in [0.4, 0.5) is 10.2 Å². The Hall–Kier alpha value is -2.98. The number of rotatable bonds is 5. The molecule has 1 saturated heterocycles. The highest BCUT2D eigenvalue weighted by molar-refractivity contribution is 7.18. The number of thiophene rings is 1. The summed E-state index contributed by atoms with van der Waals surface area (Å²) in [5, 5.41) is 1.13. The van der Waals surface area contributed by atoms with Crippen molar-refractivity contribution in [3.63, 3.8) is 0 Å². The molecule has 1 amide bonds. The van der Waals surface area contributed by atoms with Crippen molar-refractivity contribution in [3.05, 3.63) is 52.4 Å². The van der Waals surface area contributed by atoms with Gasteiger partial charge < -0.3 is 9.80 Å². The SMILES string of the molecule is C#CCN(Cc1ccc(F)cc1)C(=O)C1CCN(c2ncnc3sc(C)c(C)c23)CC1. The standard InChI is InChI=1S/C24H25FN4OS/c1-4-11-29(14-18-5-7-20(25)8-6-18)24(30)19-9-12-28(13-10-19)22-21-16(2)17(3)31-23(21)27-15-26-22/h1,5-8,15,19H,9-14H2,2-3H3. The highest BCUT2D eigenvalue weighted by Gasteiger charge is 2.30. The van der Waals surface area contributed by atoms with Crippen LogP contribution < -0.4 is 4.90 Å². The maximum atomic E-state index is 13.2. The summed E-state index contributed by atoms with van der Waals surface area (Å²) >= 11 is 1.69. The van der Waals surface area contributed by atoms with Gasteiger partial charge in [0.25, 0.3) is 0 Å². The molecular weight excluding hydrogens is 411 g/mol. The highest BCUT2D eigenvalue weighted by Crippen LogP contribution is 2.35. The molecular formula is C24H25FN4OS. The average molecular weight is 437 g/mol.